The maximum atomic E-state index is 12.6. The first-order chi connectivity index (χ1) is 15.5. The minimum Gasteiger partial charge on any atom is -0.396 e. The molecular weight excluding hydrogens is 412 g/mol. The number of aliphatic hydroxyl groups is 1. The van der Waals surface area contributed by atoms with E-state index in [0.29, 0.717) is 37.8 Å². The van der Waals surface area contributed by atoms with E-state index in [1.807, 2.05) is 30.3 Å². The number of piperidine rings is 1. The fourth-order valence-electron chi connectivity index (χ4n) is 3.46. The average molecular weight is 441 g/mol. The molecule has 0 bridgehead atoms. The van der Waals surface area contributed by atoms with Crippen molar-refractivity contribution in [2.45, 2.75) is 19.8 Å². The van der Waals surface area contributed by atoms with Crippen LogP contribution < -0.4 is 16.0 Å². The number of carbonyl (C=O) groups excluding carboxylic acids is 3. The molecule has 1 aromatic heterocycles. The molecule has 2 aromatic rings. The number of aromatic nitrogens is 2. The standard InChI is InChI=1S/C22H28N6O4/c1-15(30)23-9-10-24-18-12-19(26-20(25-18)17-7-3-2-4-8-17)27-21(31)22(32)28-11-5-6-16(13-28)14-29/h2-4,7-8,12,16,29H,5-6,9-11,13-14H2,1H3,(H,23,30)(H2,24,25,26,27,31). The Morgan fingerprint density at radius 1 is 1.12 bits per heavy atom. The summed E-state index contributed by atoms with van der Waals surface area (Å²) in [5.74, 6) is -0.555. The lowest BCUT2D eigenvalue weighted by molar-refractivity contribution is -0.144. The third-order valence-electron chi connectivity index (χ3n) is 5.06. The Kier molecular flexibility index (Phi) is 8.09. The van der Waals surface area contributed by atoms with Crippen molar-refractivity contribution in [1.82, 2.24) is 20.2 Å². The van der Waals surface area contributed by atoms with Crippen molar-refractivity contribution in [3.05, 3.63) is 36.4 Å². The number of hydrogen-bond acceptors (Lipinski definition) is 7. The summed E-state index contributed by atoms with van der Waals surface area (Å²) in [4.78, 5) is 46.6. The van der Waals surface area contributed by atoms with E-state index >= 15 is 0 Å². The van der Waals surface area contributed by atoms with Gasteiger partial charge in [-0.15, -0.1) is 0 Å². The minimum absolute atomic E-state index is 0.00867. The molecule has 170 valence electrons. The molecule has 1 unspecified atom stereocenters. The Balaban J connectivity index is 1.75. The summed E-state index contributed by atoms with van der Waals surface area (Å²) in [7, 11) is 0. The molecule has 1 atom stereocenters. The second-order valence-electron chi connectivity index (χ2n) is 7.63. The fraction of sp³-hybridized carbons (Fsp3) is 0.409. The van der Waals surface area contributed by atoms with Crippen LogP contribution in [0.15, 0.2) is 36.4 Å². The Labute approximate surface area is 186 Å². The van der Waals surface area contributed by atoms with E-state index < -0.39 is 11.8 Å². The SMILES string of the molecule is CC(=O)NCCNc1cc(NC(=O)C(=O)N2CCCC(CO)C2)nc(-c2ccccc2)n1. The maximum Gasteiger partial charge on any atom is 0.315 e. The van der Waals surface area contributed by atoms with Crippen molar-refractivity contribution in [3.63, 3.8) is 0 Å². The summed E-state index contributed by atoms with van der Waals surface area (Å²) in [6, 6.07) is 10.8. The van der Waals surface area contributed by atoms with Gasteiger partial charge in [0.1, 0.15) is 11.6 Å². The van der Waals surface area contributed by atoms with Gasteiger partial charge in [-0.2, -0.15) is 0 Å². The van der Waals surface area contributed by atoms with Crippen LogP contribution in [0.2, 0.25) is 0 Å². The van der Waals surface area contributed by atoms with Gasteiger partial charge in [-0.1, -0.05) is 30.3 Å². The number of nitrogens with one attached hydrogen (secondary N) is 3. The van der Waals surface area contributed by atoms with E-state index in [9.17, 15) is 19.5 Å². The summed E-state index contributed by atoms with van der Waals surface area (Å²) in [5, 5.41) is 17.7. The molecule has 10 nitrogen and oxygen atoms in total. The fourth-order valence-corrected chi connectivity index (χ4v) is 3.46. The third kappa shape index (κ3) is 6.48. The van der Waals surface area contributed by atoms with Gasteiger partial charge in [0.2, 0.25) is 5.91 Å². The van der Waals surface area contributed by atoms with Gasteiger partial charge in [0.25, 0.3) is 0 Å². The number of rotatable bonds is 7. The minimum atomic E-state index is -0.787. The van der Waals surface area contributed by atoms with E-state index in [1.165, 1.54) is 17.9 Å². The summed E-state index contributed by atoms with van der Waals surface area (Å²) in [6.07, 6.45) is 1.58. The highest BCUT2D eigenvalue weighted by atomic mass is 16.3. The second kappa shape index (κ2) is 11.2. The quantitative estimate of drug-likeness (QED) is 0.370. The Bertz CT molecular complexity index is 953. The van der Waals surface area contributed by atoms with Crippen LogP contribution in [0.5, 0.6) is 0 Å². The van der Waals surface area contributed by atoms with Crippen LogP contribution in [-0.2, 0) is 14.4 Å². The molecule has 0 aliphatic carbocycles. The first-order valence-electron chi connectivity index (χ1n) is 10.6. The van der Waals surface area contributed by atoms with E-state index in [4.69, 9.17) is 0 Å². The summed E-state index contributed by atoms with van der Waals surface area (Å²) < 4.78 is 0. The topological polar surface area (TPSA) is 137 Å². The van der Waals surface area contributed by atoms with E-state index in [1.54, 1.807) is 0 Å². The van der Waals surface area contributed by atoms with E-state index in [-0.39, 0.29) is 24.2 Å². The number of amides is 3. The Morgan fingerprint density at radius 2 is 1.88 bits per heavy atom. The first-order valence-corrected chi connectivity index (χ1v) is 10.6. The maximum absolute atomic E-state index is 12.6. The zero-order valence-electron chi connectivity index (χ0n) is 18.0. The van der Waals surface area contributed by atoms with Crippen LogP contribution >= 0.6 is 0 Å². The van der Waals surface area contributed by atoms with Crippen molar-refractivity contribution in [3.8, 4) is 11.4 Å². The number of carbonyl (C=O) groups is 3. The molecule has 4 N–H and O–H groups in total. The highest BCUT2D eigenvalue weighted by molar-refractivity contribution is 6.39. The lowest BCUT2D eigenvalue weighted by atomic mass is 9.99. The average Bonchev–Trinajstić information content (AvgIpc) is 2.81. The lowest BCUT2D eigenvalue weighted by Gasteiger charge is -2.31. The largest absolute Gasteiger partial charge is 0.396 e. The Hall–Kier alpha value is -3.53. The van der Waals surface area contributed by atoms with Crippen LogP contribution in [0.25, 0.3) is 11.4 Å². The molecule has 32 heavy (non-hydrogen) atoms. The van der Waals surface area contributed by atoms with Crippen molar-refractivity contribution >= 4 is 29.4 Å². The molecule has 3 amide bonds. The van der Waals surface area contributed by atoms with Gasteiger partial charge < -0.3 is 26.0 Å². The second-order valence-corrected chi connectivity index (χ2v) is 7.63. The number of aliphatic hydroxyl groups excluding tert-OH is 1. The lowest BCUT2D eigenvalue weighted by Crippen LogP contribution is -2.46. The van der Waals surface area contributed by atoms with Crippen molar-refractivity contribution < 1.29 is 19.5 Å². The molecule has 0 saturated carbocycles. The van der Waals surface area contributed by atoms with E-state index in [2.05, 4.69) is 25.9 Å². The number of benzene rings is 1. The molecule has 0 radical (unpaired) electrons. The molecular formula is C22H28N6O4. The number of hydrogen-bond donors (Lipinski definition) is 4. The van der Waals surface area contributed by atoms with Gasteiger partial charge in [-0.25, -0.2) is 9.97 Å². The van der Waals surface area contributed by atoms with E-state index in [0.717, 1.165) is 18.4 Å². The summed E-state index contributed by atoms with van der Waals surface area (Å²) in [5.41, 5.74) is 0.752. The zero-order chi connectivity index (χ0) is 22.9. The first kappa shape index (κ1) is 23.1. The number of nitrogens with zero attached hydrogens (tertiary/aromatic N) is 3. The molecule has 1 saturated heterocycles. The molecule has 1 aliphatic rings. The van der Waals surface area contributed by atoms with Gasteiger partial charge in [0.15, 0.2) is 5.82 Å². The van der Waals surface area contributed by atoms with Crippen LogP contribution in [0, 0.1) is 5.92 Å². The monoisotopic (exact) mass is 440 g/mol. The number of likely N-dealkylation sites (tertiary alicyclic amines) is 1. The summed E-state index contributed by atoms with van der Waals surface area (Å²) in [6.45, 7) is 3.10. The van der Waals surface area contributed by atoms with Crippen molar-refractivity contribution in [1.29, 1.82) is 0 Å². The molecule has 1 aromatic carbocycles. The smallest absolute Gasteiger partial charge is 0.315 e. The van der Waals surface area contributed by atoms with Crippen molar-refractivity contribution in [2.75, 3.05) is 43.4 Å². The predicted octanol–water partition coefficient (Wildman–Crippen LogP) is 0.861. The van der Waals surface area contributed by atoms with Gasteiger partial charge in [-0.3, -0.25) is 14.4 Å². The highest BCUT2D eigenvalue weighted by Crippen LogP contribution is 2.21. The van der Waals surface area contributed by atoms with Gasteiger partial charge in [0, 0.05) is 51.3 Å². The third-order valence-corrected chi connectivity index (χ3v) is 5.06. The summed E-state index contributed by atoms with van der Waals surface area (Å²) >= 11 is 0. The van der Waals surface area contributed by atoms with Gasteiger partial charge >= 0.3 is 11.8 Å². The van der Waals surface area contributed by atoms with Crippen LogP contribution in [0.4, 0.5) is 11.6 Å². The normalized spacial score (nSPS) is 15.7. The molecule has 1 fully saturated rings. The molecule has 0 spiro atoms. The van der Waals surface area contributed by atoms with Crippen LogP contribution in [0.3, 0.4) is 0 Å². The van der Waals surface area contributed by atoms with Crippen LogP contribution in [-0.4, -0.2) is 70.5 Å². The molecule has 1 aliphatic heterocycles. The Morgan fingerprint density at radius 3 is 2.59 bits per heavy atom. The zero-order valence-corrected chi connectivity index (χ0v) is 18.0. The molecule has 2 heterocycles. The predicted molar refractivity (Wildman–Crippen MR) is 120 cm³/mol. The molecule has 10 heteroatoms. The number of anilines is 2. The van der Waals surface area contributed by atoms with Gasteiger partial charge in [-0.05, 0) is 18.8 Å². The molecule has 3 rings (SSSR count). The van der Waals surface area contributed by atoms with Crippen molar-refractivity contribution in [2.24, 2.45) is 5.92 Å². The van der Waals surface area contributed by atoms with Gasteiger partial charge in [0.05, 0.1) is 0 Å². The van der Waals surface area contributed by atoms with Crippen LogP contribution in [0.1, 0.15) is 19.8 Å². The highest BCUT2D eigenvalue weighted by Gasteiger charge is 2.28.